The van der Waals surface area contributed by atoms with Crippen LogP contribution in [0.5, 0.6) is 0 Å². The van der Waals surface area contributed by atoms with E-state index >= 15 is 0 Å². The molecule has 0 bridgehead atoms. The van der Waals surface area contributed by atoms with Crippen molar-refractivity contribution < 1.29 is 4.79 Å². The van der Waals surface area contributed by atoms with Crippen molar-refractivity contribution in [3.63, 3.8) is 0 Å². The van der Waals surface area contributed by atoms with Crippen molar-refractivity contribution in [3.8, 4) is 0 Å². The Morgan fingerprint density at radius 1 is 1.44 bits per heavy atom. The molecule has 0 aromatic carbocycles. The molecule has 1 saturated heterocycles. The molecular formula is C12H13ClN2O. The maximum atomic E-state index is 11.1. The Kier molecular flexibility index (Phi) is 3.25. The first-order valence-corrected chi connectivity index (χ1v) is 5.63. The molecule has 1 aromatic rings. The molecule has 0 saturated carbocycles. The van der Waals surface area contributed by atoms with Gasteiger partial charge in [0.05, 0.1) is 5.02 Å². The second-order valence-corrected chi connectivity index (χ2v) is 4.21. The van der Waals surface area contributed by atoms with Crippen molar-refractivity contribution in [2.45, 2.75) is 12.8 Å². The number of ketones is 1. The van der Waals surface area contributed by atoms with E-state index in [2.05, 4.69) is 16.5 Å². The Morgan fingerprint density at radius 2 is 2.12 bits per heavy atom. The van der Waals surface area contributed by atoms with Gasteiger partial charge in [-0.15, -0.1) is 0 Å². The third-order valence-electron chi connectivity index (χ3n) is 2.70. The third kappa shape index (κ3) is 2.25. The lowest BCUT2D eigenvalue weighted by molar-refractivity contribution is -0.119. The van der Waals surface area contributed by atoms with Gasteiger partial charge < -0.3 is 4.90 Å². The van der Waals surface area contributed by atoms with Crippen LogP contribution in [-0.4, -0.2) is 23.9 Å². The summed E-state index contributed by atoms with van der Waals surface area (Å²) in [5, 5.41) is 0.617. The summed E-state index contributed by atoms with van der Waals surface area (Å²) in [6.45, 7) is 5.08. The van der Waals surface area contributed by atoms with Gasteiger partial charge in [-0.3, -0.25) is 4.79 Å². The van der Waals surface area contributed by atoms with Gasteiger partial charge in [0.15, 0.2) is 0 Å². The summed E-state index contributed by atoms with van der Waals surface area (Å²) >= 11 is 6.14. The van der Waals surface area contributed by atoms with E-state index in [0.717, 1.165) is 11.4 Å². The largest absolute Gasteiger partial charge is 0.355 e. The number of hydrogen-bond donors (Lipinski definition) is 0. The summed E-state index contributed by atoms with van der Waals surface area (Å²) in [5.41, 5.74) is 0.904. The molecule has 84 valence electrons. The molecule has 0 N–H and O–H groups in total. The fourth-order valence-corrected chi connectivity index (χ4v) is 2.05. The molecule has 1 aromatic heterocycles. The van der Waals surface area contributed by atoms with E-state index in [1.807, 2.05) is 6.07 Å². The number of nitrogens with zero attached hydrogens (tertiary/aromatic N) is 2. The molecule has 0 atom stereocenters. The lowest BCUT2D eigenvalue weighted by Gasteiger charge is -2.27. The monoisotopic (exact) mass is 236 g/mol. The van der Waals surface area contributed by atoms with E-state index in [9.17, 15) is 4.79 Å². The molecule has 16 heavy (non-hydrogen) atoms. The summed E-state index contributed by atoms with van der Waals surface area (Å²) in [7, 11) is 0. The second-order valence-electron chi connectivity index (χ2n) is 3.80. The summed E-state index contributed by atoms with van der Waals surface area (Å²) < 4.78 is 0. The summed E-state index contributed by atoms with van der Waals surface area (Å²) in [6, 6.07) is 1.84. The fourth-order valence-electron chi connectivity index (χ4n) is 1.76. The van der Waals surface area contributed by atoms with Crippen molar-refractivity contribution in [1.82, 2.24) is 4.98 Å². The molecule has 2 rings (SSSR count). The Labute approximate surface area is 99.7 Å². The quantitative estimate of drug-likeness (QED) is 0.791. The maximum Gasteiger partial charge on any atom is 0.147 e. The summed E-state index contributed by atoms with van der Waals surface area (Å²) in [5.74, 6) is 1.08. The van der Waals surface area contributed by atoms with Gasteiger partial charge >= 0.3 is 0 Å². The first kappa shape index (κ1) is 11.1. The molecule has 1 aliphatic heterocycles. The van der Waals surface area contributed by atoms with Gasteiger partial charge in [-0.25, -0.2) is 4.98 Å². The zero-order chi connectivity index (χ0) is 11.5. The SMILES string of the molecule is C=Cc1cnc(N2CCC(=O)CC2)c(Cl)c1. The molecule has 4 heteroatoms. The molecule has 0 spiro atoms. The minimum Gasteiger partial charge on any atom is -0.355 e. The second kappa shape index (κ2) is 4.66. The van der Waals surface area contributed by atoms with Gasteiger partial charge in [0.2, 0.25) is 0 Å². The smallest absolute Gasteiger partial charge is 0.147 e. The number of carbonyl (C=O) groups excluding carboxylic acids is 1. The van der Waals surface area contributed by atoms with Gasteiger partial charge in [-0.2, -0.15) is 0 Å². The summed E-state index contributed by atoms with van der Waals surface area (Å²) in [6.07, 6.45) is 4.62. The van der Waals surface area contributed by atoms with Crippen LogP contribution in [0.25, 0.3) is 6.08 Å². The van der Waals surface area contributed by atoms with E-state index in [-0.39, 0.29) is 0 Å². The maximum absolute atomic E-state index is 11.1. The van der Waals surface area contributed by atoms with Gasteiger partial charge in [-0.1, -0.05) is 24.3 Å². The highest BCUT2D eigenvalue weighted by Crippen LogP contribution is 2.26. The molecule has 2 heterocycles. The van der Waals surface area contributed by atoms with Crippen LogP contribution >= 0.6 is 11.6 Å². The first-order valence-electron chi connectivity index (χ1n) is 5.25. The standard InChI is InChI=1S/C12H13ClN2O/c1-2-9-7-11(13)12(14-8-9)15-5-3-10(16)4-6-15/h2,7-8H,1,3-6H2. The average Bonchev–Trinajstić information content (AvgIpc) is 2.30. The minimum atomic E-state index is 0.315. The van der Waals surface area contributed by atoms with Crippen LogP contribution in [0.4, 0.5) is 5.82 Å². The Hall–Kier alpha value is -1.35. The summed E-state index contributed by atoms with van der Waals surface area (Å²) in [4.78, 5) is 17.5. The van der Waals surface area contributed by atoms with Crippen LogP contribution in [0.1, 0.15) is 18.4 Å². The van der Waals surface area contributed by atoms with E-state index < -0.39 is 0 Å². The van der Waals surface area contributed by atoms with E-state index in [0.29, 0.717) is 36.7 Å². The molecule has 0 radical (unpaired) electrons. The van der Waals surface area contributed by atoms with Crippen LogP contribution < -0.4 is 4.90 Å². The molecule has 0 aliphatic carbocycles. The van der Waals surface area contributed by atoms with Gasteiger partial charge in [-0.05, 0) is 11.6 Å². The highest BCUT2D eigenvalue weighted by molar-refractivity contribution is 6.33. The molecule has 3 nitrogen and oxygen atoms in total. The normalized spacial score (nSPS) is 16.3. The first-order chi connectivity index (χ1) is 7.70. The number of rotatable bonds is 2. The van der Waals surface area contributed by atoms with Crippen LogP contribution in [-0.2, 0) is 4.79 Å². The van der Waals surface area contributed by atoms with E-state index in [1.54, 1.807) is 12.3 Å². The molecule has 1 aliphatic rings. The van der Waals surface area contributed by atoms with Crippen LogP contribution in [0.15, 0.2) is 18.8 Å². The highest BCUT2D eigenvalue weighted by atomic mass is 35.5. The number of hydrogen-bond acceptors (Lipinski definition) is 3. The fraction of sp³-hybridized carbons (Fsp3) is 0.333. The van der Waals surface area contributed by atoms with Crippen LogP contribution in [0, 0.1) is 0 Å². The molecule has 0 amide bonds. The Balaban J connectivity index is 2.20. The van der Waals surface area contributed by atoms with Gasteiger partial charge in [0.25, 0.3) is 0 Å². The van der Waals surface area contributed by atoms with Crippen LogP contribution in [0.3, 0.4) is 0 Å². The lowest BCUT2D eigenvalue weighted by atomic mass is 10.1. The zero-order valence-electron chi connectivity index (χ0n) is 8.95. The van der Waals surface area contributed by atoms with Crippen molar-refractivity contribution >= 4 is 29.3 Å². The third-order valence-corrected chi connectivity index (χ3v) is 2.98. The highest BCUT2D eigenvalue weighted by Gasteiger charge is 2.19. The Morgan fingerprint density at radius 3 is 2.69 bits per heavy atom. The molecule has 0 unspecified atom stereocenters. The number of pyridine rings is 1. The van der Waals surface area contributed by atoms with Crippen molar-refractivity contribution in [2.75, 3.05) is 18.0 Å². The minimum absolute atomic E-state index is 0.315. The lowest BCUT2D eigenvalue weighted by Crippen LogP contribution is -2.34. The van der Waals surface area contributed by atoms with Crippen molar-refractivity contribution in [3.05, 3.63) is 29.4 Å². The topological polar surface area (TPSA) is 33.2 Å². The van der Waals surface area contributed by atoms with E-state index in [4.69, 9.17) is 11.6 Å². The van der Waals surface area contributed by atoms with Crippen molar-refractivity contribution in [2.24, 2.45) is 0 Å². The van der Waals surface area contributed by atoms with Gasteiger partial charge in [0.1, 0.15) is 11.6 Å². The predicted octanol–water partition coefficient (Wildman–Crippen LogP) is 2.55. The number of halogens is 1. The number of aromatic nitrogens is 1. The molecule has 1 fully saturated rings. The van der Waals surface area contributed by atoms with E-state index in [1.165, 1.54) is 0 Å². The number of anilines is 1. The number of piperidine rings is 1. The predicted molar refractivity (Wildman–Crippen MR) is 65.8 cm³/mol. The number of Topliss-reactive ketones (excluding diaryl/α,β-unsaturated/α-hetero) is 1. The Bertz CT molecular complexity index is 421. The average molecular weight is 237 g/mol. The van der Waals surface area contributed by atoms with Gasteiger partial charge in [0, 0.05) is 32.1 Å². The number of carbonyl (C=O) groups is 1. The zero-order valence-corrected chi connectivity index (χ0v) is 9.70. The van der Waals surface area contributed by atoms with Crippen LogP contribution in [0.2, 0.25) is 5.02 Å². The van der Waals surface area contributed by atoms with Crippen molar-refractivity contribution in [1.29, 1.82) is 0 Å². The molecular weight excluding hydrogens is 224 g/mol.